The van der Waals surface area contributed by atoms with Crippen LogP contribution in [0.15, 0.2) is 29.6 Å². The van der Waals surface area contributed by atoms with E-state index in [1.807, 2.05) is 29.2 Å². The Morgan fingerprint density at radius 3 is 2.52 bits per heavy atom. The molecule has 0 aliphatic carbocycles. The van der Waals surface area contributed by atoms with E-state index in [0.717, 1.165) is 54.7 Å². The largest absolute Gasteiger partial charge is 0.497 e. The van der Waals surface area contributed by atoms with Crippen molar-refractivity contribution in [2.45, 2.75) is 13.5 Å². The zero-order chi connectivity index (χ0) is 16.2. The molecule has 0 unspecified atom stereocenters. The van der Waals surface area contributed by atoms with Gasteiger partial charge in [-0.15, -0.1) is 11.3 Å². The van der Waals surface area contributed by atoms with E-state index in [2.05, 4.69) is 10.3 Å². The summed E-state index contributed by atoms with van der Waals surface area (Å²) < 4.78 is 5.18. The highest BCUT2D eigenvalue weighted by atomic mass is 32.1. The van der Waals surface area contributed by atoms with Crippen LogP contribution in [0.5, 0.6) is 5.75 Å². The van der Waals surface area contributed by atoms with E-state index in [0.29, 0.717) is 0 Å². The summed E-state index contributed by atoms with van der Waals surface area (Å²) in [6.07, 6.45) is 0. The third kappa shape index (κ3) is 3.89. The van der Waals surface area contributed by atoms with Crippen molar-refractivity contribution >= 4 is 17.2 Å². The summed E-state index contributed by atoms with van der Waals surface area (Å²) in [7, 11) is 1.67. The van der Waals surface area contributed by atoms with Gasteiger partial charge in [-0.3, -0.25) is 9.69 Å². The van der Waals surface area contributed by atoms with Crippen molar-refractivity contribution in [3.05, 3.63) is 35.3 Å². The number of piperazine rings is 1. The van der Waals surface area contributed by atoms with Crippen molar-refractivity contribution < 1.29 is 9.53 Å². The van der Waals surface area contributed by atoms with Crippen molar-refractivity contribution in [3.8, 4) is 16.3 Å². The van der Waals surface area contributed by atoms with E-state index in [1.54, 1.807) is 25.4 Å². The summed E-state index contributed by atoms with van der Waals surface area (Å²) in [5.41, 5.74) is 2.21. The lowest BCUT2D eigenvalue weighted by atomic mass is 10.2. The minimum absolute atomic E-state index is 0.167. The molecule has 3 rings (SSSR count). The first-order valence-corrected chi connectivity index (χ1v) is 8.60. The van der Waals surface area contributed by atoms with Gasteiger partial charge in [0.15, 0.2) is 0 Å². The summed E-state index contributed by atoms with van der Waals surface area (Å²) >= 11 is 1.67. The van der Waals surface area contributed by atoms with Crippen LogP contribution in [-0.2, 0) is 11.3 Å². The van der Waals surface area contributed by atoms with Gasteiger partial charge in [-0.2, -0.15) is 0 Å². The number of methoxy groups -OCH3 is 1. The van der Waals surface area contributed by atoms with E-state index in [9.17, 15) is 4.79 Å². The maximum absolute atomic E-state index is 11.4. The Labute approximate surface area is 140 Å². The van der Waals surface area contributed by atoms with Crippen LogP contribution in [0, 0.1) is 0 Å². The molecule has 0 N–H and O–H groups in total. The summed E-state index contributed by atoms with van der Waals surface area (Å²) in [6, 6.07) is 7.98. The Morgan fingerprint density at radius 1 is 1.22 bits per heavy atom. The third-order valence-electron chi connectivity index (χ3n) is 4.09. The topological polar surface area (TPSA) is 45.7 Å². The lowest BCUT2D eigenvalue weighted by Crippen LogP contribution is -2.47. The first-order chi connectivity index (χ1) is 11.2. The molecule has 122 valence electrons. The van der Waals surface area contributed by atoms with E-state index >= 15 is 0 Å². The van der Waals surface area contributed by atoms with Crippen molar-refractivity contribution in [1.29, 1.82) is 0 Å². The first kappa shape index (κ1) is 16.0. The molecule has 5 nitrogen and oxygen atoms in total. The molecule has 2 heterocycles. The molecule has 0 radical (unpaired) electrons. The number of ether oxygens (including phenoxy) is 1. The Balaban J connectivity index is 1.60. The third-order valence-corrected chi connectivity index (χ3v) is 5.03. The molecule has 0 bridgehead atoms. The quantitative estimate of drug-likeness (QED) is 0.863. The first-order valence-electron chi connectivity index (χ1n) is 7.72. The number of nitrogens with zero attached hydrogens (tertiary/aromatic N) is 3. The van der Waals surface area contributed by atoms with E-state index in [-0.39, 0.29) is 5.91 Å². The second-order valence-electron chi connectivity index (χ2n) is 5.65. The van der Waals surface area contributed by atoms with Crippen LogP contribution in [0.1, 0.15) is 12.6 Å². The Hall–Kier alpha value is -1.92. The molecule has 0 saturated carbocycles. The number of carbonyl (C=O) groups is 1. The standard InChI is InChI=1S/C17H21N3O2S/c1-13(21)20-9-7-19(8-10-20)11-15-12-23-17(18-15)14-3-5-16(22-2)6-4-14/h3-6,12H,7-11H2,1-2H3. The summed E-state index contributed by atoms with van der Waals surface area (Å²) in [4.78, 5) is 20.4. The molecule has 1 amide bonds. The number of amides is 1. The van der Waals surface area contributed by atoms with Gasteiger partial charge >= 0.3 is 0 Å². The van der Waals surface area contributed by atoms with Crippen molar-refractivity contribution in [2.24, 2.45) is 0 Å². The van der Waals surface area contributed by atoms with Crippen LogP contribution >= 0.6 is 11.3 Å². The van der Waals surface area contributed by atoms with Crippen LogP contribution in [-0.4, -0.2) is 54.0 Å². The molecule has 1 aromatic carbocycles. The lowest BCUT2D eigenvalue weighted by molar-refractivity contribution is -0.130. The maximum atomic E-state index is 11.4. The van der Waals surface area contributed by atoms with Gasteiger partial charge in [0.05, 0.1) is 12.8 Å². The fraction of sp³-hybridized carbons (Fsp3) is 0.412. The molecule has 23 heavy (non-hydrogen) atoms. The minimum atomic E-state index is 0.167. The molecule has 6 heteroatoms. The van der Waals surface area contributed by atoms with Crippen LogP contribution in [0.3, 0.4) is 0 Å². The Kier molecular flexibility index (Phi) is 4.93. The zero-order valence-corrected chi connectivity index (χ0v) is 14.3. The van der Waals surface area contributed by atoms with Crippen LogP contribution in [0.2, 0.25) is 0 Å². The number of carbonyl (C=O) groups excluding carboxylic acids is 1. The minimum Gasteiger partial charge on any atom is -0.497 e. The molecule has 1 fully saturated rings. The van der Waals surface area contributed by atoms with E-state index in [4.69, 9.17) is 9.72 Å². The van der Waals surface area contributed by atoms with Gasteiger partial charge in [-0.1, -0.05) is 0 Å². The van der Waals surface area contributed by atoms with Gasteiger partial charge in [0.25, 0.3) is 0 Å². The second-order valence-corrected chi connectivity index (χ2v) is 6.51. The van der Waals surface area contributed by atoms with E-state index < -0.39 is 0 Å². The number of hydrogen-bond donors (Lipinski definition) is 0. The molecule has 1 aromatic heterocycles. The number of thiazole rings is 1. The van der Waals surface area contributed by atoms with Crippen LogP contribution < -0.4 is 4.74 Å². The summed E-state index contributed by atoms with van der Waals surface area (Å²) in [5, 5.41) is 3.15. The predicted molar refractivity (Wildman–Crippen MR) is 91.6 cm³/mol. The Bertz CT molecular complexity index is 661. The fourth-order valence-corrected chi connectivity index (χ4v) is 3.51. The maximum Gasteiger partial charge on any atom is 0.219 e. The monoisotopic (exact) mass is 331 g/mol. The van der Waals surface area contributed by atoms with Gasteiger partial charge in [-0.05, 0) is 24.3 Å². The van der Waals surface area contributed by atoms with Crippen LogP contribution in [0.4, 0.5) is 0 Å². The lowest BCUT2D eigenvalue weighted by Gasteiger charge is -2.33. The van der Waals surface area contributed by atoms with Gasteiger partial charge in [0.1, 0.15) is 10.8 Å². The van der Waals surface area contributed by atoms with E-state index in [1.165, 1.54) is 0 Å². The SMILES string of the molecule is COc1ccc(-c2nc(CN3CCN(C(C)=O)CC3)cs2)cc1. The van der Waals surface area contributed by atoms with Crippen molar-refractivity contribution in [2.75, 3.05) is 33.3 Å². The second kappa shape index (κ2) is 7.10. The molecule has 1 aliphatic rings. The average Bonchev–Trinajstić information content (AvgIpc) is 3.04. The Morgan fingerprint density at radius 2 is 1.91 bits per heavy atom. The van der Waals surface area contributed by atoms with Gasteiger partial charge in [0, 0.05) is 50.6 Å². The van der Waals surface area contributed by atoms with Crippen molar-refractivity contribution in [3.63, 3.8) is 0 Å². The number of benzene rings is 1. The highest BCUT2D eigenvalue weighted by Gasteiger charge is 2.19. The van der Waals surface area contributed by atoms with Gasteiger partial charge in [0.2, 0.25) is 5.91 Å². The molecular formula is C17H21N3O2S. The average molecular weight is 331 g/mol. The summed E-state index contributed by atoms with van der Waals surface area (Å²) in [5.74, 6) is 1.02. The van der Waals surface area contributed by atoms with Gasteiger partial charge < -0.3 is 9.64 Å². The normalized spacial score (nSPS) is 15.7. The molecule has 0 spiro atoms. The number of hydrogen-bond acceptors (Lipinski definition) is 5. The smallest absolute Gasteiger partial charge is 0.219 e. The number of rotatable bonds is 4. The number of aromatic nitrogens is 1. The molecule has 2 aromatic rings. The molecule has 0 atom stereocenters. The highest BCUT2D eigenvalue weighted by molar-refractivity contribution is 7.13. The zero-order valence-electron chi connectivity index (χ0n) is 13.5. The molecule has 1 aliphatic heterocycles. The predicted octanol–water partition coefficient (Wildman–Crippen LogP) is 2.48. The highest BCUT2D eigenvalue weighted by Crippen LogP contribution is 2.26. The fourth-order valence-electron chi connectivity index (χ4n) is 2.70. The van der Waals surface area contributed by atoms with Gasteiger partial charge in [-0.25, -0.2) is 4.98 Å². The van der Waals surface area contributed by atoms with Crippen molar-refractivity contribution in [1.82, 2.24) is 14.8 Å². The summed E-state index contributed by atoms with van der Waals surface area (Å²) in [6.45, 7) is 5.93. The van der Waals surface area contributed by atoms with Crippen LogP contribution in [0.25, 0.3) is 10.6 Å². The molecule has 1 saturated heterocycles. The molecular weight excluding hydrogens is 310 g/mol.